The van der Waals surface area contributed by atoms with Gasteiger partial charge in [0.2, 0.25) is 0 Å². The van der Waals surface area contributed by atoms with E-state index in [0.29, 0.717) is 5.56 Å². The summed E-state index contributed by atoms with van der Waals surface area (Å²) in [5.74, 6) is 0.692. The van der Waals surface area contributed by atoms with E-state index < -0.39 is 0 Å². The fourth-order valence-electron chi connectivity index (χ4n) is 1.79. The SMILES string of the molecule is COc1ccc(C(=O)/C=C\Nc2ccccc2C)cc1. The highest BCUT2D eigenvalue weighted by Gasteiger charge is 2.01. The second-order valence-electron chi connectivity index (χ2n) is 4.39. The predicted octanol–water partition coefficient (Wildman–Crippen LogP) is 3.81. The smallest absolute Gasteiger partial charge is 0.187 e. The van der Waals surface area contributed by atoms with Crippen molar-refractivity contribution in [1.82, 2.24) is 0 Å². The fourth-order valence-corrected chi connectivity index (χ4v) is 1.79. The molecule has 0 saturated carbocycles. The molecular weight excluding hydrogens is 250 g/mol. The summed E-state index contributed by atoms with van der Waals surface area (Å²) in [7, 11) is 1.60. The Labute approximate surface area is 118 Å². The molecule has 2 aromatic carbocycles. The minimum Gasteiger partial charge on any atom is -0.497 e. The molecule has 3 heteroatoms. The van der Waals surface area contributed by atoms with Crippen molar-refractivity contribution < 1.29 is 9.53 Å². The molecule has 2 aromatic rings. The van der Waals surface area contributed by atoms with Crippen molar-refractivity contribution >= 4 is 11.5 Å². The van der Waals surface area contributed by atoms with Gasteiger partial charge in [0.05, 0.1) is 7.11 Å². The average Bonchev–Trinajstić information content (AvgIpc) is 2.49. The summed E-state index contributed by atoms with van der Waals surface area (Å²) in [6, 6.07) is 15.0. The van der Waals surface area contributed by atoms with Gasteiger partial charge in [-0.2, -0.15) is 0 Å². The van der Waals surface area contributed by atoms with Crippen molar-refractivity contribution in [1.29, 1.82) is 0 Å². The molecule has 0 heterocycles. The van der Waals surface area contributed by atoms with Crippen molar-refractivity contribution in [3.8, 4) is 5.75 Å². The summed E-state index contributed by atoms with van der Waals surface area (Å²) in [6.07, 6.45) is 3.18. The van der Waals surface area contributed by atoms with Crippen LogP contribution in [0.4, 0.5) is 5.69 Å². The third kappa shape index (κ3) is 3.48. The van der Waals surface area contributed by atoms with Crippen molar-refractivity contribution in [2.24, 2.45) is 0 Å². The van der Waals surface area contributed by atoms with Crippen molar-refractivity contribution in [2.45, 2.75) is 6.92 Å². The number of hydrogen-bond donors (Lipinski definition) is 1. The minimum absolute atomic E-state index is 0.0475. The number of methoxy groups -OCH3 is 1. The summed E-state index contributed by atoms with van der Waals surface area (Å²) in [5.41, 5.74) is 2.76. The molecule has 1 N–H and O–H groups in total. The van der Waals surface area contributed by atoms with Crippen LogP contribution in [0.15, 0.2) is 60.8 Å². The molecule has 0 aliphatic heterocycles. The molecule has 0 unspecified atom stereocenters. The number of anilines is 1. The molecule has 3 nitrogen and oxygen atoms in total. The normalized spacial score (nSPS) is 10.5. The molecule has 0 bridgehead atoms. The number of benzene rings is 2. The molecule has 0 atom stereocenters. The van der Waals surface area contributed by atoms with Crippen molar-refractivity contribution in [2.75, 3.05) is 12.4 Å². The monoisotopic (exact) mass is 267 g/mol. The van der Waals surface area contributed by atoms with E-state index in [1.165, 1.54) is 6.08 Å². The Hall–Kier alpha value is -2.55. The molecule has 0 amide bonds. The quantitative estimate of drug-likeness (QED) is 0.661. The number of carbonyl (C=O) groups excluding carboxylic acids is 1. The van der Waals surface area contributed by atoms with Gasteiger partial charge < -0.3 is 10.1 Å². The average molecular weight is 267 g/mol. The lowest BCUT2D eigenvalue weighted by Crippen LogP contribution is -1.97. The van der Waals surface area contributed by atoms with Gasteiger partial charge in [0.15, 0.2) is 5.78 Å². The molecule has 0 saturated heterocycles. The van der Waals surface area contributed by atoms with Crippen LogP contribution in [-0.2, 0) is 0 Å². The summed E-state index contributed by atoms with van der Waals surface area (Å²) < 4.78 is 5.06. The first-order chi connectivity index (χ1) is 9.70. The molecule has 0 aromatic heterocycles. The van der Waals surface area contributed by atoms with Gasteiger partial charge in [-0.05, 0) is 42.8 Å². The van der Waals surface area contributed by atoms with Gasteiger partial charge in [-0.25, -0.2) is 0 Å². The molecule has 0 aliphatic carbocycles. The van der Waals surface area contributed by atoms with Gasteiger partial charge in [0, 0.05) is 23.5 Å². The highest BCUT2D eigenvalue weighted by molar-refractivity contribution is 6.04. The Morgan fingerprint density at radius 1 is 1.10 bits per heavy atom. The zero-order valence-electron chi connectivity index (χ0n) is 11.6. The number of rotatable bonds is 5. The lowest BCUT2D eigenvalue weighted by atomic mass is 10.1. The number of aryl methyl sites for hydroxylation is 1. The standard InChI is InChI=1S/C17H17NO2/c1-13-5-3-4-6-16(13)18-12-11-17(19)14-7-9-15(20-2)10-8-14/h3-12,18H,1-2H3/b12-11-. The Morgan fingerprint density at radius 3 is 2.45 bits per heavy atom. The summed E-state index contributed by atoms with van der Waals surface area (Å²) >= 11 is 0. The van der Waals surface area contributed by atoms with Crippen LogP contribution in [0.25, 0.3) is 0 Å². The molecular formula is C17H17NO2. The van der Waals surface area contributed by atoms with Gasteiger partial charge in [0.25, 0.3) is 0 Å². The van der Waals surface area contributed by atoms with E-state index in [9.17, 15) is 4.79 Å². The lowest BCUT2D eigenvalue weighted by molar-refractivity contribution is 0.104. The van der Waals surface area contributed by atoms with Crippen molar-refractivity contribution in [3.63, 3.8) is 0 Å². The van der Waals surface area contributed by atoms with Crippen LogP contribution in [0.5, 0.6) is 5.75 Å². The Kier molecular flexibility index (Phi) is 4.56. The molecule has 20 heavy (non-hydrogen) atoms. The highest BCUT2D eigenvalue weighted by Crippen LogP contribution is 2.14. The maximum atomic E-state index is 12.0. The zero-order valence-corrected chi connectivity index (χ0v) is 11.6. The molecule has 2 rings (SSSR count). The van der Waals surface area contributed by atoms with Crippen LogP contribution in [-0.4, -0.2) is 12.9 Å². The number of allylic oxidation sites excluding steroid dienone is 1. The van der Waals surface area contributed by atoms with Gasteiger partial charge in [-0.3, -0.25) is 4.79 Å². The third-order valence-electron chi connectivity index (χ3n) is 2.99. The van der Waals surface area contributed by atoms with E-state index in [0.717, 1.165) is 17.0 Å². The number of carbonyl (C=O) groups is 1. The van der Waals surface area contributed by atoms with Crippen LogP contribution in [0.3, 0.4) is 0 Å². The summed E-state index contributed by atoms with van der Waals surface area (Å²) in [5, 5.41) is 3.11. The van der Waals surface area contributed by atoms with Gasteiger partial charge in [0.1, 0.15) is 5.75 Å². The van der Waals surface area contributed by atoms with Gasteiger partial charge in [-0.1, -0.05) is 18.2 Å². The Morgan fingerprint density at radius 2 is 1.80 bits per heavy atom. The molecule has 0 radical (unpaired) electrons. The molecule has 0 aliphatic rings. The second-order valence-corrected chi connectivity index (χ2v) is 4.39. The van der Waals surface area contributed by atoms with E-state index in [1.807, 2.05) is 31.2 Å². The zero-order chi connectivity index (χ0) is 14.4. The van der Waals surface area contributed by atoms with E-state index in [4.69, 9.17) is 4.74 Å². The molecule has 0 fully saturated rings. The number of hydrogen-bond acceptors (Lipinski definition) is 3. The first-order valence-corrected chi connectivity index (χ1v) is 6.38. The lowest BCUT2D eigenvalue weighted by Gasteiger charge is -2.04. The van der Waals surface area contributed by atoms with Crippen LogP contribution in [0.2, 0.25) is 0 Å². The minimum atomic E-state index is -0.0475. The van der Waals surface area contributed by atoms with E-state index in [1.54, 1.807) is 37.6 Å². The van der Waals surface area contributed by atoms with Crippen molar-refractivity contribution in [3.05, 3.63) is 71.9 Å². The fraction of sp³-hybridized carbons (Fsp3) is 0.118. The van der Waals surface area contributed by atoms with Gasteiger partial charge >= 0.3 is 0 Å². The number of ketones is 1. The molecule has 102 valence electrons. The third-order valence-corrected chi connectivity index (χ3v) is 2.99. The van der Waals surface area contributed by atoms with E-state index in [2.05, 4.69) is 5.32 Å². The Balaban J connectivity index is 2.00. The van der Waals surface area contributed by atoms with Crippen LogP contribution >= 0.6 is 0 Å². The topological polar surface area (TPSA) is 38.3 Å². The van der Waals surface area contributed by atoms with Crippen LogP contribution < -0.4 is 10.1 Å². The predicted molar refractivity (Wildman–Crippen MR) is 81.3 cm³/mol. The maximum absolute atomic E-state index is 12.0. The Bertz CT molecular complexity index is 615. The maximum Gasteiger partial charge on any atom is 0.187 e. The first kappa shape index (κ1) is 13.9. The summed E-state index contributed by atoms with van der Waals surface area (Å²) in [6.45, 7) is 2.02. The number of nitrogens with one attached hydrogen (secondary N) is 1. The first-order valence-electron chi connectivity index (χ1n) is 6.38. The van der Waals surface area contributed by atoms with Crippen LogP contribution in [0.1, 0.15) is 15.9 Å². The van der Waals surface area contributed by atoms with Crippen LogP contribution in [0, 0.1) is 6.92 Å². The summed E-state index contributed by atoms with van der Waals surface area (Å²) in [4.78, 5) is 12.0. The highest BCUT2D eigenvalue weighted by atomic mass is 16.5. The number of para-hydroxylation sites is 1. The van der Waals surface area contributed by atoms with Gasteiger partial charge in [-0.15, -0.1) is 0 Å². The molecule has 0 spiro atoms. The van der Waals surface area contributed by atoms with E-state index >= 15 is 0 Å². The second kappa shape index (κ2) is 6.57. The number of ether oxygens (including phenoxy) is 1. The largest absolute Gasteiger partial charge is 0.497 e. The van der Waals surface area contributed by atoms with E-state index in [-0.39, 0.29) is 5.78 Å².